The number of para-hydroxylation sites is 2. The van der Waals surface area contributed by atoms with Gasteiger partial charge in [-0.2, -0.15) is 17.9 Å². The van der Waals surface area contributed by atoms with Gasteiger partial charge in [-0.15, -0.1) is 5.10 Å². The van der Waals surface area contributed by atoms with Crippen LogP contribution in [0.1, 0.15) is 23.0 Å². The summed E-state index contributed by atoms with van der Waals surface area (Å²) in [4.78, 5) is 30.8. The molecule has 0 radical (unpaired) electrons. The Kier molecular flexibility index (Phi) is 4.40. The molecule has 3 aromatic rings. The number of fused-ring (bicyclic) bond motifs is 2. The Labute approximate surface area is 168 Å². The van der Waals surface area contributed by atoms with Gasteiger partial charge in [0.05, 0.1) is 16.6 Å². The van der Waals surface area contributed by atoms with Gasteiger partial charge in [0.2, 0.25) is 0 Å². The molecule has 0 saturated carbocycles. The van der Waals surface area contributed by atoms with Crippen LogP contribution in [0.25, 0.3) is 11.0 Å². The zero-order valence-corrected chi connectivity index (χ0v) is 15.9. The SMILES string of the molecule is Cc1cc(C(F)(F)F)c2c(N)nn(C(=O)CN3C(=O)[C@@H](C)Oc4ccccc43)c2n1. The molecule has 0 fully saturated rings. The molecule has 1 aromatic carbocycles. The van der Waals surface area contributed by atoms with Gasteiger partial charge in [-0.1, -0.05) is 12.1 Å². The minimum Gasteiger partial charge on any atom is -0.479 e. The molecule has 2 aromatic heterocycles. The first kappa shape index (κ1) is 19.7. The third kappa shape index (κ3) is 3.11. The van der Waals surface area contributed by atoms with Crippen molar-refractivity contribution in [1.82, 2.24) is 14.8 Å². The molecule has 30 heavy (non-hydrogen) atoms. The second-order valence-electron chi connectivity index (χ2n) is 6.85. The number of benzene rings is 1. The number of hydrogen-bond acceptors (Lipinski definition) is 6. The molecule has 0 saturated heterocycles. The lowest BCUT2D eigenvalue weighted by Gasteiger charge is -2.32. The molecule has 1 atom stereocenters. The number of aryl methyl sites for hydroxylation is 1. The Balaban J connectivity index is 1.78. The van der Waals surface area contributed by atoms with Crippen LogP contribution in [0.4, 0.5) is 24.7 Å². The molecular weight excluding hydrogens is 403 g/mol. The largest absolute Gasteiger partial charge is 0.479 e. The van der Waals surface area contributed by atoms with Crippen LogP contribution in [0, 0.1) is 6.92 Å². The summed E-state index contributed by atoms with van der Waals surface area (Å²) in [6.07, 6.45) is -5.53. The van der Waals surface area contributed by atoms with Gasteiger partial charge >= 0.3 is 6.18 Å². The van der Waals surface area contributed by atoms with Crippen molar-refractivity contribution in [3.05, 3.63) is 41.6 Å². The smallest absolute Gasteiger partial charge is 0.417 e. The summed E-state index contributed by atoms with van der Waals surface area (Å²) in [5.74, 6) is -1.29. The van der Waals surface area contributed by atoms with Crippen LogP contribution in [0.15, 0.2) is 30.3 Å². The number of alkyl halides is 3. The first-order chi connectivity index (χ1) is 14.1. The first-order valence-electron chi connectivity index (χ1n) is 8.91. The maximum atomic E-state index is 13.4. The quantitative estimate of drug-likeness (QED) is 0.685. The maximum absolute atomic E-state index is 13.4. The predicted molar refractivity (Wildman–Crippen MR) is 101 cm³/mol. The van der Waals surface area contributed by atoms with Gasteiger partial charge in [-0.25, -0.2) is 4.98 Å². The van der Waals surface area contributed by atoms with E-state index in [1.54, 1.807) is 24.3 Å². The van der Waals surface area contributed by atoms with Crippen LogP contribution in [0.2, 0.25) is 0 Å². The Morgan fingerprint density at radius 1 is 1.30 bits per heavy atom. The van der Waals surface area contributed by atoms with Crippen LogP contribution in [0.3, 0.4) is 0 Å². The average molecular weight is 419 g/mol. The van der Waals surface area contributed by atoms with Crippen LogP contribution in [-0.2, 0) is 11.0 Å². The van der Waals surface area contributed by atoms with Gasteiger partial charge in [0, 0.05) is 5.69 Å². The van der Waals surface area contributed by atoms with Crippen molar-refractivity contribution in [3.8, 4) is 5.75 Å². The number of pyridine rings is 1. The van der Waals surface area contributed by atoms with Crippen molar-refractivity contribution in [2.24, 2.45) is 0 Å². The van der Waals surface area contributed by atoms with Crippen molar-refractivity contribution in [3.63, 3.8) is 0 Å². The Morgan fingerprint density at radius 2 is 2.00 bits per heavy atom. The van der Waals surface area contributed by atoms with Gasteiger partial charge in [-0.3, -0.25) is 14.5 Å². The third-order valence-electron chi connectivity index (χ3n) is 4.70. The number of ether oxygens (including phenoxy) is 1. The highest BCUT2D eigenvalue weighted by Gasteiger charge is 2.37. The fraction of sp³-hybridized carbons (Fsp3) is 0.263. The lowest BCUT2D eigenvalue weighted by molar-refractivity contribution is -0.136. The van der Waals surface area contributed by atoms with E-state index < -0.39 is 47.4 Å². The second-order valence-corrected chi connectivity index (χ2v) is 6.85. The van der Waals surface area contributed by atoms with E-state index in [1.807, 2.05) is 0 Å². The van der Waals surface area contributed by atoms with Crippen molar-refractivity contribution in [2.75, 3.05) is 17.2 Å². The Hall–Kier alpha value is -3.63. The second kappa shape index (κ2) is 6.71. The van der Waals surface area contributed by atoms with E-state index in [9.17, 15) is 22.8 Å². The number of amides is 1. The van der Waals surface area contributed by atoms with E-state index in [1.165, 1.54) is 18.7 Å². The highest BCUT2D eigenvalue weighted by Crippen LogP contribution is 2.37. The zero-order valence-electron chi connectivity index (χ0n) is 15.9. The van der Waals surface area contributed by atoms with Gasteiger partial charge < -0.3 is 10.5 Å². The number of nitrogens with two attached hydrogens (primary N) is 1. The first-order valence-corrected chi connectivity index (χ1v) is 8.91. The molecule has 1 aliphatic heterocycles. The normalized spacial score (nSPS) is 16.5. The molecule has 2 N–H and O–H groups in total. The molecule has 4 rings (SSSR count). The molecule has 1 amide bonds. The maximum Gasteiger partial charge on any atom is 0.417 e. The lowest BCUT2D eigenvalue weighted by Crippen LogP contribution is -2.47. The van der Waals surface area contributed by atoms with E-state index >= 15 is 0 Å². The zero-order chi connectivity index (χ0) is 21.8. The molecule has 0 spiro atoms. The molecular formula is C19H16F3N5O3. The predicted octanol–water partition coefficient (Wildman–Crippen LogP) is 2.80. The van der Waals surface area contributed by atoms with Gasteiger partial charge in [0.25, 0.3) is 11.8 Å². The van der Waals surface area contributed by atoms with Gasteiger partial charge in [0.1, 0.15) is 12.3 Å². The van der Waals surface area contributed by atoms with E-state index in [0.717, 1.165) is 6.07 Å². The van der Waals surface area contributed by atoms with E-state index in [0.29, 0.717) is 16.1 Å². The minimum atomic E-state index is -4.70. The van der Waals surface area contributed by atoms with E-state index in [4.69, 9.17) is 10.5 Å². The van der Waals surface area contributed by atoms with E-state index in [-0.39, 0.29) is 11.3 Å². The van der Waals surface area contributed by atoms with Crippen LogP contribution >= 0.6 is 0 Å². The van der Waals surface area contributed by atoms with Crippen LogP contribution in [0.5, 0.6) is 5.75 Å². The van der Waals surface area contributed by atoms with Crippen molar-refractivity contribution >= 4 is 34.4 Å². The number of rotatable bonds is 2. The lowest BCUT2D eigenvalue weighted by atomic mass is 10.1. The number of aromatic nitrogens is 3. The summed E-state index contributed by atoms with van der Waals surface area (Å²) in [7, 11) is 0. The number of hydrogen-bond donors (Lipinski definition) is 1. The summed E-state index contributed by atoms with van der Waals surface area (Å²) in [5.41, 5.74) is 4.78. The summed E-state index contributed by atoms with van der Waals surface area (Å²) in [6.45, 7) is 2.43. The molecule has 1 aliphatic rings. The summed E-state index contributed by atoms with van der Waals surface area (Å²) < 4.78 is 46.6. The van der Waals surface area contributed by atoms with E-state index in [2.05, 4.69) is 10.1 Å². The molecule has 8 nitrogen and oxygen atoms in total. The number of anilines is 2. The highest BCUT2D eigenvalue weighted by molar-refractivity contribution is 6.05. The molecule has 0 bridgehead atoms. The topological polar surface area (TPSA) is 103 Å². The average Bonchev–Trinajstić information content (AvgIpc) is 3.00. The van der Waals surface area contributed by atoms with Crippen molar-refractivity contribution in [1.29, 1.82) is 0 Å². The summed E-state index contributed by atoms with van der Waals surface area (Å²) >= 11 is 0. The Bertz CT molecular complexity index is 1190. The van der Waals surface area contributed by atoms with Gasteiger partial charge in [0.15, 0.2) is 17.6 Å². The number of halogens is 3. The fourth-order valence-corrected chi connectivity index (χ4v) is 3.39. The van der Waals surface area contributed by atoms with Crippen molar-refractivity contribution < 1.29 is 27.5 Å². The number of carbonyl (C=O) groups is 2. The van der Waals surface area contributed by atoms with Crippen LogP contribution < -0.4 is 15.4 Å². The molecule has 3 heterocycles. The monoisotopic (exact) mass is 419 g/mol. The summed E-state index contributed by atoms with van der Waals surface area (Å²) in [5, 5.41) is 3.33. The molecule has 156 valence electrons. The number of carbonyl (C=O) groups excluding carboxylic acids is 2. The number of nitrogens with zero attached hydrogens (tertiary/aromatic N) is 4. The highest BCUT2D eigenvalue weighted by atomic mass is 19.4. The van der Waals surface area contributed by atoms with Crippen molar-refractivity contribution in [2.45, 2.75) is 26.1 Å². The minimum absolute atomic E-state index is 0.0465. The standard InChI is InChI=1S/C19H16F3N5O3/c1-9-7-11(19(20,21)22)15-16(23)25-27(17(15)24-9)14(28)8-26-12-5-3-4-6-13(12)30-10(2)18(26)29/h3-7,10H,8H2,1-2H3,(H2,23,25)/t10-/m1/s1. The van der Waals surface area contributed by atoms with Gasteiger partial charge in [-0.05, 0) is 32.0 Å². The molecule has 0 unspecified atom stereocenters. The summed E-state index contributed by atoms with van der Waals surface area (Å²) in [6, 6.07) is 7.49. The fourth-order valence-electron chi connectivity index (χ4n) is 3.39. The van der Waals surface area contributed by atoms with Crippen LogP contribution in [-0.4, -0.2) is 39.2 Å². The third-order valence-corrected chi connectivity index (χ3v) is 4.70. The number of nitrogen functional groups attached to an aromatic ring is 1. The molecule has 0 aliphatic carbocycles. The Morgan fingerprint density at radius 3 is 2.70 bits per heavy atom. The molecule has 11 heteroatoms.